The van der Waals surface area contributed by atoms with E-state index in [-0.39, 0.29) is 0 Å². The molecule has 17 heavy (non-hydrogen) atoms. The zero-order valence-electron chi connectivity index (χ0n) is 11.2. The first-order valence-corrected chi connectivity index (χ1v) is 6.75. The molecule has 2 rings (SSSR count). The molecule has 0 spiro atoms. The normalized spacial score (nSPS) is 24.6. The third-order valence-corrected chi connectivity index (χ3v) is 3.84. The number of hydrogen-bond acceptors (Lipinski definition) is 3. The Morgan fingerprint density at radius 1 is 1.24 bits per heavy atom. The van der Waals surface area contributed by atoms with Crippen LogP contribution in [0.3, 0.4) is 0 Å². The second-order valence-electron chi connectivity index (χ2n) is 5.22. The lowest BCUT2D eigenvalue weighted by atomic mass is 9.84. The molecule has 0 radical (unpaired) electrons. The van der Waals surface area contributed by atoms with Crippen LogP contribution in [0.1, 0.15) is 50.4 Å². The Balaban J connectivity index is 1.95. The molecule has 1 fully saturated rings. The third-order valence-electron chi connectivity index (χ3n) is 3.84. The van der Waals surface area contributed by atoms with Gasteiger partial charge in [0, 0.05) is 12.2 Å². The molecule has 0 atom stereocenters. The fraction of sp³-hybridized carbons (Fsp3) is 0.714. The molecule has 1 N–H and O–H groups in total. The number of rotatable bonds is 3. The molecule has 0 saturated heterocycles. The topological polar surface area (TPSA) is 37.8 Å². The second-order valence-corrected chi connectivity index (χ2v) is 5.22. The summed E-state index contributed by atoms with van der Waals surface area (Å²) in [6.07, 6.45) is 8.41. The van der Waals surface area contributed by atoms with Gasteiger partial charge in [-0.05, 0) is 45.4 Å². The van der Waals surface area contributed by atoms with Gasteiger partial charge < -0.3 is 5.32 Å². The Labute approximate surface area is 104 Å². The van der Waals surface area contributed by atoms with Gasteiger partial charge in [0.2, 0.25) is 0 Å². The van der Waals surface area contributed by atoms with Crippen LogP contribution in [0.2, 0.25) is 0 Å². The van der Waals surface area contributed by atoms with Crippen molar-refractivity contribution in [3.8, 4) is 0 Å². The maximum absolute atomic E-state index is 4.53. The quantitative estimate of drug-likeness (QED) is 0.868. The molecule has 3 nitrogen and oxygen atoms in total. The second kappa shape index (κ2) is 5.48. The highest BCUT2D eigenvalue weighted by Crippen LogP contribution is 2.28. The molecule has 0 aromatic carbocycles. The van der Waals surface area contributed by atoms with Crippen molar-refractivity contribution in [3.63, 3.8) is 0 Å². The molecule has 1 saturated carbocycles. The van der Waals surface area contributed by atoms with E-state index in [1.165, 1.54) is 32.1 Å². The zero-order chi connectivity index (χ0) is 12.3. The zero-order valence-corrected chi connectivity index (χ0v) is 11.2. The summed E-state index contributed by atoms with van der Waals surface area (Å²) >= 11 is 0. The van der Waals surface area contributed by atoms with Crippen molar-refractivity contribution in [1.29, 1.82) is 0 Å². The minimum atomic E-state index is 0.590. The van der Waals surface area contributed by atoms with E-state index in [1.54, 1.807) is 0 Å². The summed E-state index contributed by atoms with van der Waals surface area (Å²) in [4.78, 5) is 8.88. The minimum Gasteiger partial charge on any atom is -0.366 e. The van der Waals surface area contributed by atoms with Gasteiger partial charge in [-0.2, -0.15) is 0 Å². The molecule has 0 bridgehead atoms. The highest BCUT2D eigenvalue weighted by molar-refractivity contribution is 5.40. The summed E-state index contributed by atoms with van der Waals surface area (Å²) in [5.74, 6) is 1.92. The minimum absolute atomic E-state index is 0.590. The van der Waals surface area contributed by atoms with Gasteiger partial charge in [-0.25, -0.2) is 4.98 Å². The van der Waals surface area contributed by atoms with Gasteiger partial charge in [0.1, 0.15) is 5.82 Å². The van der Waals surface area contributed by atoms with E-state index in [4.69, 9.17) is 0 Å². The molecular formula is C14H23N3. The van der Waals surface area contributed by atoms with Crippen molar-refractivity contribution in [2.75, 3.05) is 5.32 Å². The number of nitrogens with zero attached hydrogens (tertiary/aromatic N) is 2. The molecule has 0 amide bonds. The predicted molar refractivity (Wildman–Crippen MR) is 71.2 cm³/mol. The van der Waals surface area contributed by atoms with E-state index >= 15 is 0 Å². The molecular weight excluding hydrogens is 210 g/mol. The Kier molecular flexibility index (Phi) is 3.97. The first kappa shape index (κ1) is 12.3. The fourth-order valence-electron chi connectivity index (χ4n) is 2.58. The molecule has 0 unspecified atom stereocenters. The summed E-state index contributed by atoms with van der Waals surface area (Å²) in [5, 5.41) is 3.56. The van der Waals surface area contributed by atoms with Gasteiger partial charge in [-0.1, -0.05) is 13.3 Å². The summed E-state index contributed by atoms with van der Waals surface area (Å²) in [6.45, 7) is 6.31. The predicted octanol–water partition coefficient (Wildman–Crippen LogP) is 3.47. The average molecular weight is 233 g/mol. The monoisotopic (exact) mass is 233 g/mol. The van der Waals surface area contributed by atoms with Crippen LogP contribution in [-0.2, 0) is 0 Å². The Bertz CT molecular complexity index is 368. The summed E-state index contributed by atoms with van der Waals surface area (Å²) in [7, 11) is 0. The van der Waals surface area contributed by atoms with Crippen LogP contribution in [0.5, 0.6) is 0 Å². The fourth-order valence-corrected chi connectivity index (χ4v) is 2.58. The van der Waals surface area contributed by atoms with Crippen molar-refractivity contribution in [2.45, 2.75) is 58.9 Å². The van der Waals surface area contributed by atoms with Crippen LogP contribution in [0.25, 0.3) is 0 Å². The highest BCUT2D eigenvalue weighted by atomic mass is 15.0. The number of aromatic nitrogens is 2. The van der Waals surface area contributed by atoms with Gasteiger partial charge in [0.15, 0.2) is 0 Å². The maximum atomic E-state index is 4.53. The molecule has 1 aliphatic carbocycles. The van der Waals surface area contributed by atoms with E-state index in [2.05, 4.69) is 22.2 Å². The van der Waals surface area contributed by atoms with E-state index < -0.39 is 0 Å². The van der Waals surface area contributed by atoms with E-state index in [1.807, 2.05) is 20.0 Å². The first-order chi connectivity index (χ1) is 8.19. The standard InChI is InChI=1S/C14H23N3/c1-4-12-5-7-13(8-6-12)17-14-11(3)15-9-10(2)16-14/h9,12-13H,4-8H2,1-3H3,(H,16,17). The van der Waals surface area contributed by atoms with Crippen LogP contribution >= 0.6 is 0 Å². The molecule has 0 aliphatic heterocycles. The van der Waals surface area contributed by atoms with E-state index in [9.17, 15) is 0 Å². The Hall–Kier alpha value is -1.12. The van der Waals surface area contributed by atoms with Crippen molar-refractivity contribution < 1.29 is 0 Å². The summed E-state index contributed by atoms with van der Waals surface area (Å²) < 4.78 is 0. The average Bonchev–Trinajstić information content (AvgIpc) is 2.35. The van der Waals surface area contributed by atoms with Gasteiger partial charge >= 0.3 is 0 Å². The van der Waals surface area contributed by atoms with Crippen molar-refractivity contribution in [1.82, 2.24) is 9.97 Å². The molecule has 1 aromatic heterocycles. The number of nitrogens with one attached hydrogen (secondary N) is 1. The molecule has 3 heteroatoms. The van der Waals surface area contributed by atoms with Crippen molar-refractivity contribution >= 4 is 5.82 Å². The maximum Gasteiger partial charge on any atom is 0.147 e. The SMILES string of the molecule is CCC1CCC(Nc2nc(C)cnc2C)CC1. The number of aryl methyl sites for hydroxylation is 2. The van der Waals surface area contributed by atoms with Crippen LogP contribution in [-0.4, -0.2) is 16.0 Å². The lowest BCUT2D eigenvalue weighted by Crippen LogP contribution is -2.27. The first-order valence-electron chi connectivity index (χ1n) is 6.75. The number of anilines is 1. The largest absolute Gasteiger partial charge is 0.366 e. The molecule has 1 aromatic rings. The van der Waals surface area contributed by atoms with Gasteiger partial charge in [0.05, 0.1) is 11.4 Å². The lowest BCUT2D eigenvalue weighted by molar-refractivity contribution is 0.329. The number of hydrogen-bond donors (Lipinski definition) is 1. The molecule has 1 heterocycles. The van der Waals surface area contributed by atoms with E-state index in [0.717, 1.165) is 23.1 Å². The third kappa shape index (κ3) is 3.18. The Morgan fingerprint density at radius 3 is 2.59 bits per heavy atom. The van der Waals surface area contributed by atoms with Crippen LogP contribution in [0.4, 0.5) is 5.82 Å². The van der Waals surface area contributed by atoms with Gasteiger partial charge in [0.25, 0.3) is 0 Å². The smallest absolute Gasteiger partial charge is 0.147 e. The Morgan fingerprint density at radius 2 is 1.94 bits per heavy atom. The van der Waals surface area contributed by atoms with Gasteiger partial charge in [-0.3, -0.25) is 4.98 Å². The highest BCUT2D eigenvalue weighted by Gasteiger charge is 2.20. The molecule has 1 aliphatic rings. The van der Waals surface area contributed by atoms with Crippen LogP contribution < -0.4 is 5.32 Å². The van der Waals surface area contributed by atoms with Gasteiger partial charge in [-0.15, -0.1) is 0 Å². The lowest BCUT2D eigenvalue weighted by Gasteiger charge is -2.29. The van der Waals surface area contributed by atoms with Crippen LogP contribution in [0.15, 0.2) is 6.20 Å². The molecule has 94 valence electrons. The van der Waals surface area contributed by atoms with Crippen molar-refractivity contribution in [3.05, 3.63) is 17.6 Å². The van der Waals surface area contributed by atoms with E-state index in [0.29, 0.717) is 6.04 Å². The van der Waals surface area contributed by atoms with Crippen molar-refractivity contribution in [2.24, 2.45) is 5.92 Å². The summed E-state index contributed by atoms with van der Waals surface area (Å²) in [5.41, 5.74) is 1.99. The van der Waals surface area contributed by atoms with Crippen LogP contribution in [0, 0.1) is 19.8 Å². The summed E-state index contributed by atoms with van der Waals surface area (Å²) in [6, 6.07) is 0.590.